The molecule has 0 fully saturated rings. The van der Waals surface area contributed by atoms with Crippen molar-refractivity contribution in [3.8, 4) is 22.8 Å². The summed E-state index contributed by atoms with van der Waals surface area (Å²) in [4.78, 5) is 8.62. The Morgan fingerprint density at radius 1 is 1.00 bits per heavy atom. The van der Waals surface area contributed by atoms with Gasteiger partial charge in [-0.1, -0.05) is 0 Å². The average molecular weight is 582 g/mol. The van der Waals surface area contributed by atoms with Crippen LogP contribution < -0.4 is 4.74 Å². The van der Waals surface area contributed by atoms with E-state index in [1.807, 2.05) is 56.4 Å². The molecule has 0 N–H and O–H groups in total. The molecule has 3 aromatic heterocycles. The molecule has 0 amide bonds. The minimum Gasteiger partial charge on any atom is -0.498 e. The molecule has 3 heterocycles. The summed E-state index contributed by atoms with van der Waals surface area (Å²) in [5.74, 6) is 0.0235. The van der Waals surface area contributed by atoms with Crippen LogP contribution in [0.25, 0.3) is 17.1 Å². The number of nitrogens with zero attached hydrogens (tertiary/aromatic N) is 4. The third-order valence-corrected chi connectivity index (χ3v) is 4.75. The van der Waals surface area contributed by atoms with Crippen LogP contribution in [-0.2, 0) is 26.5 Å². The number of hydrogen-bond acceptors (Lipinski definition) is 4. The molecule has 0 aliphatic rings. The van der Waals surface area contributed by atoms with E-state index in [-0.39, 0.29) is 21.1 Å². The fourth-order valence-electron chi connectivity index (χ4n) is 3.01. The van der Waals surface area contributed by atoms with E-state index in [2.05, 4.69) is 17.1 Å². The molecule has 1 aromatic carbocycles. The number of benzene rings is 1. The van der Waals surface area contributed by atoms with Crippen molar-refractivity contribution in [1.82, 2.24) is 19.7 Å². The summed E-state index contributed by atoms with van der Waals surface area (Å²) in [5.41, 5.74) is 2.70. The first kappa shape index (κ1) is 21.8. The molecule has 0 bridgehead atoms. The Labute approximate surface area is 189 Å². The van der Waals surface area contributed by atoms with E-state index in [1.165, 1.54) is 12.1 Å². The number of methoxy groups -OCH3 is 1. The number of aromatic nitrogens is 4. The van der Waals surface area contributed by atoms with Crippen LogP contribution >= 0.6 is 0 Å². The maximum Gasteiger partial charge on any atom is 2.00 e. The van der Waals surface area contributed by atoms with Gasteiger partial charge in [0.1, 0.15) is 5.75 Å². The van der Waals surface area contributed by atoms with Gasteiger partial charge in [-0.05, 0) is 43.1 Å². The molecule has 0 saturated heterocycles. The molecule has 0 saturated carbocycles. The first-order valence-electron chi connectivity index (χ1n) is 9.12. The van der Waals surface area contributed by atoms with E-state index >= 15 is 0 Å². The fourth-order valence-corrected chi connectivity index (χ4v) is 3.01. The second kappa shape index (κ2) is 8.88. The Kier molecular flexibility index (Phi) is 6.47. The zero-order chi connectivity index (χ0) is 20.4. The van der Waals surface area contributed by atoms with E-state index in [0.29, 0.717) is 17.1 Å². The van der Waals surface area contributed by atoms with Crippen molar-refractivity contribution in [3.63, 3.8) is 0 Å². The zero-order valence-electron chi connectivity index (χ0n) is 16.7. The Morgan fingerprint density at radius 2 is 1.83 bits per heavy atom. The maximum absolute atomic E-state index is 13.6. The SMILES string of the molecule is COc1cc(-c2[c-]ccc(F)n2)nc(C(C)(C)c2ccn(-c3[c-]cccc3)n2)c1.[Pt+2]. The molecular weight excluding hydrogens is 562 g/mol. The first-order chi connectivity index (χ1) is 14.0. The Bertz CT molecular complexity index is 1140. The summed E-state index contributed by atoms with van der Waals surface area (Å²) in [6.45, 7) is 4.06. The van der Waals surface area contributed by atoms with Gasteiger partial charge >= 0.3 is 21.1 Å². The van der Waals surface area contributed by atoms with Gasteiger partial charge in [0.15, 0.2) is 5.95 Å². The predicted molar refractivity (Wildman–Crippen MR) is 107 cm³/mol. The van der Waals surface area contributed by atoms with Crippen LogP contribution in [0.15, 0.2) is 60.8 Å². The van der Waals surface area contributed by atoms with Crippen molar-refractivity contribution in [1.29, 1.82) is 0 Å². The Morgan fingerprint density at radius 3 is 2.53 bits per heavy atom. The number of para-hydroxylation sites is 1. The molecule has 4 aromatic rings. The summed E-state index contributed by atoms with van der Waals surface area (Å²) in [5, 5.41) is 4.72. The standard InChI is InChI=1S/C23H19FN4O.Pt/c1-23(2,20-12-13-28(27-20)16-8-5-4-6-9-16)21-15-17(29-3)14-19(25-21)18-10-7-11-22(24)26-18;/h4-8,11-15H,1-3H3;/q-2;+2. The summed E-state index contributed by atoms with van der Waals surface area (Å²) >= 11 is 0. The molecule has 7 heteroatoms. The van der Waals surface area contributed by atoms with E-state index in [4.69, 9.17) is 14.8 Å². The topological polar surface area (TPSA) is 52.8 Å². The van der Waals surface area contributed by atoms with Crippen LogP contribution in [0.1, 0.15) is 25.2 Å². The van der Waals surface area contributed by atoms with E-state index in [1.54, 1.807) is 17.9 Å². The molecule has 4 rings (SSSR count). The molecule has 154 valence electrons. The van der Waals surface area contributed by atoms with Crippen LogP contribution in [0, 0.1) is 18.1 Å². The number of hydrogen-bond donors (Lipinski definition) is 0. The van der Waals surface area contributed by atoms with Crippen LogP contribution in [0.5, 0.6) is 5.75 Å². The summed E-state index contributed by atoms with van der Waals surface area (Å²) < 4.78 is 20.8. The van der Waals surface area contributed by atoms with Crippen LogP contribution in [0.4, 0.5) is 4.39 Å². The smallest absolute Gasteiger partial charge is 0.498 e. The fraction of sp³-hybridized carbons (Fsp3) is 0.174. The third-order valence-electron chi connectivity index (χ3n) is 4.75. The van der Waals surface area contributed by atoms with Gasteiger partial charge in [0, 0.05) is 23.4 Å². The van der Waals surface area contributed by atoms with Crippen molar-refractivity contribution < 1.29 is 30.2 Å². The first-order valence-corrected chi connectivity index (χ1v) is 9.12. The van der Waals surface area contributed by atoms with Gasteiger partial charge in [-0.15, -0.1) is 12.1 Å². The van der Waals surface area contributed by atoms with Crippen LogP contribution in [0.3, 0.4) is 0 Å². The van der Waals surface area contributed by atoms with Crippen molar-refractivity contribution in [3.05, 3.63) is 90.3 Å². The zero-order valence-corrected chi connectivity index (χ0v) is 18.9. The molecular formula is C23H19FN4OPt. The predicted octanol–water partition coefficient (Wildman–Crippen LogP) is 4.40. The van der Waals surface area contributed by atoms with Gasteiger partial charge in [-0.25, -0.2) is 4.39 Å². The van der Waals surface area contributed by atoms with Crippen LogP contribution in [-0.4, -0.2) is 26.9 Å². The second-order valence-electron chi connectivity index (χ2n) is 7.06. The van der Waals surface area contributed by atoms with Gasteiger partial charge in [0.2, 0.25) is 0 Å². The molecule has 0 radical (unpaired) electrons. The number of rotatable bonds is 5. The van der Waals surface area contributed by atoms with Gasteiger partial charge in [0.25, 0.3) is 0 Å². The minimum absolute atomic E-state index is 0. The van der Waals surface area contributed by atoms with Gasteiger partial charge in [-0.3, -0.25) is 9.67 Å². The summed E-state index contributed by atoms with van der Waals surface area (Å²) in [6, 6.07) is 22.0. The largest absolute Gasteiger partial charge is 2.00 e. The molecule has 0 unspecified atom stereocenters. The summed E-state index contributed by atoms with van der Waals surface area (Å²) in [7, 11) is 1.58. The van der Waals surface area contributed by atoms with Gasteiger partial charge in [-0.2, -0.15) is 41.5 Å². The number of ether oxygens (including phenoxy) is 1. The molecule has 0 aliphatic heterocycles. The summed E-state index contributed by atoms with van der Waals surface area (Å²) in [6.07, 6.45) is 1.89. The molecule has 30 heavy (non-hydrogen) atoms. The van der Waals surface area contributed by atoms with E-state index in [0.717, 1.165) is 17.1 Å². The van der Waals surface area contributed by atoms with E-state index < -0.39 is 11.4 Å². The number of halogens is 1. The Balaban J connectivity index is 0.00000256. The average Bonchev–Trinajstić information content (AvgIpc) is 3.25. The quantitative estimate of drug-likeness (QED) is 0.259. The van der Waals surface area contributed by atoms with E-state index in [9.17, 15) is 4.39 Å². The Hall–Kier alpha value is -2.85. The van der Waals surface area contributed by atoms with Crippen molar-refractivity contribution >= 4 is 0 Å². The minimum atomic E-state index is -0.581. The monoisotopic (exact) mass is 581 g/mol. The molecule has 0 atom stereocenters. The third kappa shape index (κ3) is 4.34. The second-order valence-corrected chi connectivity index (χ2v) is 7.06. The normalized spacial score (nSPS) is 11.1. The maximum atomic E-state index is 13.6. The molecule has 0 aliphatic carbocycles. The molecule has 0 spiro atoms. The molecule has 5 nitrogen and oxygen atoms in total. The van der Waals surface area contributed by atoms with Gasteiger partial charge in [0.05, 0.1) is 12.8 Å². The van der Waals surface area contributed by atoms with Gasteiger partial charge < -0.3 is 9.72 Å². The van der Waals surface area contributed by atoms with Crippen LogP contribution in [0.2, 0.25) is 0 Å². The van der Waals surface area contributed by atoms with Crippen molar-refractivity contribution in [2.24, 2.45) is 0 Å². The number of pyridine rings is 2. The van der Waals surface area contributed by atoms with Crippen molar-refractivity contribution in [2.45, 2.75) is 19.3 Å². The van der Waals surface area contributed by atoms with Crippen molar-refractivity contribution in [2.75, 3.05) is 7.11 Å².